The Hall–Kier alpha value is -3.37. The molecule has 0 aliphatic heterocycles. The fraction of sp³-hybridized carbons (Fsp3) is 0.150. The van der Waals surface area contributed by atoms with E-state index in [1.165, 1.54) is 29.9 Å². The van der Waals surface area contributed by atoms with Crippen LogP contribution in [0.1, 0.15) is 15.9 Å². The number of hydrogen-bond acceptors (Lipinski definition) is 7. The Morgan fingerprint density at radius 3 is 2.65 bits per heavy atom. The number of rotatable bonds is 6. The molecule has 11 heteroatoms. The Morgan fingerprint density at radius 2 is 1.97 bits per heavy atom. The second kappa shape index (κ2) is 9.63. The van der Waals surface area contributed by atoms with E-state index in [2.05, 4.69) is 4.98 Å². The normalized spacial score (nSPS) is 10.6. The molecular weight excluding hydrogens is 444 g/mol. The summed E-state index contributed by atoms with van der Waals surface area (Å²) in [4.78, 5) is 52.3. The first-order valence-corrected chi connectivity index (χ1v) is 10.2. The number of benzene rings is 2. The van der Waals surface area contributed by atoms with Crippen LogP contribution in [0.25, 0.3) is 10.9 Å². The number of aromatic nitrogens is 2. The van der Waals surface area contributed by atoms with Crippen LogP contribution >= 0.6 is 23.4 Å². The molecule has 9 nitrogen and oxygen atoms in total. The van der Waals surface area contributed by atoms with Gasteiger partial charge in [-0.25, -0.2) is 14.6 Å². The summed E-state index contributed by atoms with van der Waals surface area (Å²) in [6.45, 7) is 0.111. The third-order valence-electron chi connectivity index (χ3n) is 4.22. The van der Waals surface area contributed by atoms with Crippen molar-refractivity contribution in [3.05, 3.63) is 69.0 Å². The van der Waals surface area contributed by atoms with E-state index in [-0.39, 0.29) is 39.5 Å². The highest BCUT2D eigenvalue weighted by molar-refractivity contribution is 7.99. The summed E-state index contributed by atoms with van der Waals surface area (Å²) in [5.41, 5.74) is 5.76. The maximum absolute atomic E-state index is 13.2. The fourth-order valence-electron chi connectivity index (χ4n) is 2.80. The van der Waals surface area contributed by atoms with Crippen molar-refractivity contribution in [1.82, 2.24) is 14.9 Å². The van der Waals surface area contributed by atoms with Gasteiger partial charge in [0, 0.05) is 5.02 Å². The number of imide groups is 1. The second-order valence-electron chi connectivity index (χ2n) is 6.30. The molecule has 160 valence electrons. The highest BCUT2D eigenvalue weighted by Gasteiger charge is 2.17. The quantitative estimate of drug-likeness (QED) is 0.327. The predicted molar refractivity (Wildman–Crippen MR) is 116 cm³/mol. The number of methoxy groups -OCH3 is 1. The molecule has 0 aliphatic rings. The molecule has 3 N–H and O–H groups in total. The van der Waals surface area contributed by atoms with Gasteiger partial charge in [-0.1, -0.05) is 41.6 Å². The lowest BCUT2D eigenvalue weighted by Gasteiger charge is -2.14. The van der Waals surface area contributed by atoms with Crippen LogP contribution in [0.5, 0.6) is 0 Å². The Bertz CT molecular complexity index is 1240. The number of carbonyl (C=O) groups is 3. The van der Waals surface area contributed by atoms with Crippen molar-refractivity contribution in [2.45, 2.75) is 11.7 Å². The topological polar surface area (TPSA) is 133 Å². The van der Waals surface area contributed by atoms with Crippen molar-refractivity contribution in [2.24, 2.45) is 5.73 Å². The highest BCUT2D eigenvalue weighted by atomic mass is 35.5. The van der Waals surface area contributed by atoms with E-state index in [4.69, 9.17) is 22.1 Å². The number of primary amides is 1. The van der Waals surface area contributed by atoms with E-state index in [0.29, 0.717) is 10.6 Å². The molecular formula is C20H17ClN4O5S. The number of nitrogens with two attached hydrogens (primary N) is 1. The Balaban J connectivity index is 2.09. The number of esters is 1. The summed E-state index contributed by atoms with van der Waals surface area (Å²) in [6, 6.07) is 10.5. The molecule has 3 amide bonds. The zero-order chi connectivity index (χ0) is 22.5. The number of nitrogens with one attached hydrogen (secondary N) is 1. The highest BCUT2D eigenvalue weighted by Crippen LogP contribution is 2.22. The van der Waals surface area contributed by atoms with E-state index in [9.17, 15) is 19.2 Å². The third-order valence-corrected chi connectivity index (χ3v) is 5.57. The molecule has 2 aromatic carbocycles. The first-order valence-electron chi connectivity index (χ1n) is 8.88. The van der Waals surface area contributed by atoms with Crippen LogP contribution in [0.3, 0.4) is 0 Å². The maximum Gasteiger partial charge on any atom is 0.337 e. The number of amides is 3. The summed E-state index contributed by atoms with van der Waals surface area (Å²) in [5.74, 6) is -1.42. The lowest BCUT2D eigenvalue weighted by Crippen LogP contribution is -2.36. The number of urea groups is 1. The largest absolute Gasteiger partial charge is 0.465 e. The van der Waals surface area contributed by atoms with Gasteiger partial charge >= 0.3 is 12.0 Å². The standard InChI is InChI=1S/C20H17ClN4O5S/c1-30-18(28)11-6-7-13-15(8-11)23-20(31-10-16(26)24-19(22)29)25(17(13)27)9-12-4-2-3-5-14(12)21/h2-8H,9-10H2,1H3,(H3,22,24,26,29). The zero-order valence-electron chi connectivity index (χ0n) is 16.3. The lowest BCUT2D eigenvalue weighted by molar-refractivity contribution is -0.117. The molecule has 1 aromatic heterocycles. The van der Waals surface area contributed by atoms with Gasteiger partial charge in [-0.2, -0.15) is 0 Å². The van der Waals surface area contributed by atoms with Crippen LogP contribution in [0.15, 0.2) is 52.4 Å². The summed E-state index contributed by atoms with van der Waals surface area (Å²) in [6.07, 6.45) is 0. The van der Waals surface area contributed by atoms with Gasteiger partial charge in [0.1, 0.15) is 0 Å². The van der Waals surface area contributed by atoms with Crippen molar-refractivity contribution in [3.63, 3.8) is 0 Å². The van der Waals surface area contributed by atoms with E-state index in [1.54, 1.807) is 24.3 Å². The Morgan fingerprint density at radius 1 is 1.23 bits per heavy atom. The van der Waals surface area contributed by atoms with Gasteiger partial charge in [-0.05, 0) is 29.8 Å². The van der Waals surface area contributed by atoms with E-state index < -0.39 is 17.9 Å². The van der Waals surface area contributed by atoms with Gasteiger partial charge in [-0.3, -0.25) is 19.5 Å². The molecule has 1 heterocycles. The Labute approximate surface area is 185 Å². The van der Waals surface area contributed by atoms with Gasteiger partial charge < -0.3 is 10.5 Å². The number of halogens is 1. The third kappa shape index (κ3) is 5.22. The average Bonchev–Trinajstić information content (AvgIpc) is 2.74. The monoisotopic (exact) mass is 460 g/mol. The predicted octanol–water partition coefficient (Wildman–Crippen LogP) is 2.17. The van der Waals surface area contributed by atoms with Crippen LogP contribution in [0.2, 0.25) is 5.02 Å². The van der Waals surface area contributed by atoms with Gasteiger partial charge in [0.2, 0.25) is 5.91 Å². The maximum atomic E-state index is 13.2. The van der Waals surface area contributed by atoms with Crippen LogP contribution < -0.4 is 16.6 Å². The minimum absolute atomic E-state index is 0.111. The Kier molecular flexibility index (Phi) is 6.93. The first kappa shape index (κ1) is 22.3. The fourth-order valence-corrected chi connectivity index (χ4v) is 3.79. The van der Waals surface area contributed by atoms with Crippen molar-refractivity contribution in [2.75, 3.05) is 12.9 Å². The summed E-state index contributed by atoms with van der Waals surface area (Å²) in [7, 11) is 1.25. The first-order chi connectivity index (χ1) is 14.8. The molecule has 31 heavy (non-hydrogen) atoms. The van der Waals surface area contributed by atoms with Crippen molar-refractivity contribution >= 4 is 52.2 Å². The van der Waals surface area contributed by atoms with Crippen molar-refractivity contribution in [3.8, 4) is 0 Å². The molecule has 0 spiro atoms. The van der Waals surface area contributed by atoms with Crippen molar-refractivity contribution in [1.29, 1.82) is 0 Å². The van der Waals surface area contributed by atoms with E-state index in [0.717, 1.165) is 11.8 Å². The molecule has 3 aromatic rings. The smallest absolute Gasteiger partial charge is 0.337 e. The molecule has 0 aliphatic carbocycles. The molecule has 0 saturated heterocycles. The molecule has 0 fully saturated rings. The van der Waals surface area contributed by atoms with Gasteiger partial charge in [-0.15, -0.1) is 0 Å². The van der Waals surface area contributed by atoms with Crippen LogP contribution in [0, 0.1) is 0 Å². The average molecular weight is 461 g/mol. The molecule has 0 unspecified atom stereocenters. The molecule has 0 bridgehead atoms. The summed E-state index contributed by atoms with van der Waals surface area (Å²) >= 11 is 7.19. The van der Waals surface area contributed by atoms with Gasteiger partial charge in [0.25, 0.3) is 5.56 Å². The molecule has 3 rings (SSSR count). The van der Waals surface area contributed by atoms with Crippen LogP contribution in [-0.2, 0) is 16.1 Å². The number of carbonyl (C=O) groups excluding carboxylic acids is 3. The summed E-state index contributed by atoms with van der Waals surface area (Å²) < 4.78 is 6.09. The number of fused-ring (bicyclic) bond motifs is 1. The minimum Gasteiger partial charge on any atom is -0.465 e. The second-order valence-corrected chi connectivity index (χ2v) is 7.65. The molecule has 0 atom stereocenters. The van der Waals surface area contributed by atoms with Gasteiger partial charge in [0.05, 0.1) is 35.9 Å². The summed E-state index contributed by atoms with van der Waals surface area (Å²) in [5, 5.41) is 2.92. The number of thioether (sulfide) groups is 1. The SMILES string of the molecule is COC(=O)c1ccc2c(=O)n(Cc3ccccc3Cl)c(SCC(=O)NC(N)=O)nc2c1. The molecule has 0 saturated carbocycles. The van der Waals surface area contributed by atoms with E-state index >= 15 is 0 Å². The van der Waals surface area contributed by atoms with Crippen LogP contribution in [0.4, 0.5) is 4.79 Å². The lowest BCUT2D eigenvalue weighted by atomic mass is 10.1. The van der Waals surface area contributed by atoms with Crippen LogP contribution in [-0.4, -0.2) is 40.3 Å². The minimum atomic E-state index is -0.978. The zero-order valence-corrected chi connectivity index (χ0v) is 17.8. The number of ether oxygens (including phenoxy) is 1. The number of hydrogen-bond donors (Lipinski definition) is 2. The number of nitrogens with zero attached hydrogens (tertiary/aromatic N) is 2. The molecule has 0 radical (unpaired) electrons. The van der Waals surface area contributed by atoms with Crippen molar-refractivity contribution < 1.29 is 19.1 Å². The van der Waals surface area contributed by atoms with Gasteiger partial charge in [0.15, 0.2) is 5.16 Å². The van der Waals surface area contributed by atoms with E-state index in [1.807, 2.05) is 5.32 Å².